The number of thioether (sulfide) groups is 1. The molecule has 4 rings (SSSR count). The molecule has 31 heavy (non-hydrogen) atoms. The van der Waals surface area contributed by atoms with Gasteiger partial charge in [-0.2, -0.15) is 4.98 Å². The van der Waals surface area contributed by atoms with Crippen molar-refractivity contribution in [3.63, 3.8) is 0 Å². The minimum absolute atomic E-state index is 0.166. The number of ether oxygens (including phenoxy) is 1. The minimum Gasteiger partial charge on any atom is -0.455 e. The minimum atomic E-state index is -0.166. The summed E-state index contributed by atoms with van der Waals surface area (Å²) in [7, 11) is 0. The predicted octanol–water partition coefficient (Wildman–Crippen LogP) is 4.88. The van der Waals surface area contributed by atoms with Gasteiger partial charge < -0.3 is 10.1 Å². The van der Waals surface area contributed by atoms with Gasteiger partial charge in [0.1, 0.15) is 5.75 Å². The lowest BCUT2D eigenvalue weighted by Crippen LogP contribution is -2.14. The van der Waals surface area contributed by atoms with Gasteiger partial charge in [0.15, 0.2) is 5.75 Å². The SMILES string of the molecule is Cc1ccc(Oc2ccccc2NC(=O)CSc2nc3nc(C)c(C)c(C)n3n2)cc1. The second-order valence-corrected chi connectivity index (χ2v) is 8.20. The monoisotopic (exact) mass is 433 g/mol. The number of para-hydroxylation sites is 2. The van der Waals surface area contributed by atoms with Gasteiger partial charge in [-0.1, -0.05) is 41.6 Å². The van der Waals surface area contributed by atoms with Crippen LogP contribution in [0.25, 0.3) is 5.78 Å². The van der Waals surface area contributed by atoms with E-state index in [-0.39, 0.29) is 11.7 Å². The molecule has 7 nitrogen and oxygen atoms in total. The summed E-state index contributed by atoms with van der Waals surface area (Å²) >= 11 is 1.27. The number of nitrogens with one attached hydrogen (secondary N) is 1. The smallest absolute Gasteiger partial charge is 0.253 e. The molecule has 0 unspecified atom stereocenters. The molecule has 0 saturated heterocycles. The first kappa shape index (κ1) is 20.9. The highest BCUT2D eigenvalue weighted by Crippen LogP contribution is 2.29. The van der Waals surface area contributed by atoms with Crippen LogP contribution in [0.1, 0.15) is 22.5 Å². The summed E-state index contributed by atoms with van der Waals surface area (Å²) in [6.45, 7) is 7.97. The van der Waals surface area contributed by atoms with Gasteiger partial charge in [0.25, 0.3) is 5.78 Å². The van der Waals surface area contributed by atoms with Crippen molar-refractivity contribution >= 4 is 29.1 Å². The Morgan fingerprint density at radius 1 is 1.03 bits per heavy atom. The summed E-state index contributed by atoms with van der Waals surface area (Å²) in [4.78, 5) is 21.5. The number of hydrogen-bond donors (Lipinski definition) is 1. The number of fused-ring (bicyclic) bond motifs is 1. The third-order valence-corrected chi connectivity index (χ3v) is 5.82. The van der Waals surface area contributed by atoms with Crippen molar-refractivity contribution in [3.8, 4) is 11.5 Å². The number of carbonyl (C=O) groups is 1. The number of nitrogens with zero attached hydrogens (tertiary/aromatic N) is 4. The van der Waals surface area contributed by atoms with Crippen molar-refractivity contribution in [2.24, 2.45) is 0 Å². The maximum Gasteiger partial charge on any atom is 0.253 e. The lowest BCUT2D eigenvalue weighted by Gasteiger charge is -2.12. The van der Waals surface area contributed by atoms with E-state index in [2.05, 4.69) is 20.4 Å². The zero-order valence-electron chi connectivity index (χ0n) is 17.8. The molecule has 0 aliphatic rings. The largest absolute Gasteiger partial charge is 0.455 e. The summed E-state index contributed by atoms with van der Waals surface area (Å²) in [5.41, 5.74) is 4.77. The van der Waals surface area contributed by atoms with Crippen LogP contribution in [0.15, 0.2) is 53.7 Å². The van der Waals surface area contributed by atoms with Crippen LogP contribution in [0.5, 0.6) is 11.5 Å². The molecule has 0 aliphatic heterocycles. The van der Waals surface area contributed by atoms with Crippen LogP contribution in [0.4, 0.5) is 5.69 Å². The van der Waals surface area contributed by atoms with Gasteiger partial charge in [-0.25, -0.2) is 9.50 Å². The summed E-state index contributed by atoms with van der Waals surface area (Å²) in [6, 6.07) is 15.1. The van der Waals surface area contributed by atoms with E-state index in [4.69, 9.17) is 4.74 Å². The molecule has 0 atom stereocenters. The molecule has 1 N–H and O–H groups in total. The summed E-state index contributed by atoms with van der Waals surface area (Å²) < 4.78 is 7.66. The second kappa shape index (κ2) is 8.77. The maximum atomic E-state index is 12.6. The van der Waals surface area contributed by atoms with E-state index < -0.39 is 0 Å². The highest BCUT2D eigenvalue weighted by molar-refractivity contribution is 7.99. The van der Waals surface area contributed by atoms with Crippen LogP contribution in [0.3, 0.4) is 0 Å². The first-order chi connectivity index (χ1) is 14.9. The number of carbonyl (C=O) groups excluding carboxylic acids is 1. The molecule has 0 spiro atoms. The molecule has 8 heteroatoms. The Hall–Kier alpha value is -3.39. The lowest BCUT2D eigenvalue weighted by atomic mass is 10.2. The van der Waals surface area contributed by atoms with E-state index in [1.54, 1.807) is 4.52 Å². The van der Waals surface area contributed by atoms with Crippen molar-refractivity contribution in [1.82, 2.24) is 19.6 Å². The van der Waals surface area contributed by atoms with Gasteiger partial charge in [0.2, 0.25) is 11.1 Å². The van der Waals surface area contributed by atoms with Crippen LogP contribution in [-0.4, -0.2) is 31.2 Å². The maximum absolute atomic E-state index is 12.6. The predicted molar refractivity (Wildman–Crippen MR) is 122 cm³/mol. The Morgan fingerprint density at radius 2 is 1.77 bits per heavy atom. The molecule has 0 saturated carbocycles. The molecule has 2 heterocycles. The molecular weight excluding hydrogens is 410 g/mol. The molecule has 2 aromatic carbocycles. The lowest BCUT2D eigenvalue weighted by molar-refractivity contribution is -0.113. The van der Waals surface area contributed by atoms with Gasteiger partial charge in [-0.3, -0.25) is 4.79 Å². The van der Waals surface area contributed by atoms with Gasteiger partial charge in [-0.15, -0.1) is 5.10 Å². The molecule has 0 radical (unpaired) electrons. The Labute approximate surface area is 184 Å². The molecule has 4 aromatic rings. The number of aromatic nitrogens is 4. The zero-order valence-corrected chi connectivity index (χ0v) is 18.7. The highest BCUT2D eigenvalue weighted by atomic mass is 32.2. The zero-order chi connectivity index (χ0) is 22.0. The van der Waals surface area contributed by atoms with E-state index in [9.17, 15) is 4.79 Å². The fourth-order valence-electron chi connectivity index (χ4n) is 3.01. The Morgan fingerprint density at radius 3 is 2.55 bits per heavy atom. The average Bonchev–Trinajstić information content (AvgIpc) is 3.16. The molecule has 158 valence electrons. The van der Waals surface area contributed by atoms with Crippen molar-refractivity contribution in [1.29, 1.82) is 0 Å². The molecule has 1 amide bonds. The van der Waals surface area contributed by atoms with E-state index >= 15 is 0 Å². The number of benzene rings is 2. The van der Waals surface area contributed by atoms with Gasteiger partial charge in [-0.05, 0) is 57.5 Å². The van der Waals surface area contributed by atoms with Crippen molar-refractivity contribution < 1.29 is 9.53 Å². The fraction of sp³-hybridized carbons (Fsp3) is 0.217. The number of amides is 1. The van der Waals surface area contributed by atoms with Gasteiger partial charge in [0.05, 0.1) is 11.4 Å². The van der Waals surface area contributed by atoms with E-state index in [0.29, 0.717) is 28.1 Å². The van der Waals surface area contributed by atoms with Gasteiger partial charge >= 0.3 is 0 Å². The van der Waals surface area contributed by atoms with E-state index in [1.807, 2.05) is 76.2 Å². The topological polar surface area (TPSA) is 81.4 Å². The highest BCUT2D eigenvalue weighted by Gasteiger charge is 2.14. The number of anilines is 1. The summed E-state index contributed by atoms with van der Waals surface area (Å²) in [6.07, 6.45) is 0. The fourth-order valence-corrected chi connectivity index (χ4v) is 3.63. The number of rotatable bonds is 6. The standard InChI is InChI=1S/C23H23N5O2S/c1-14-9-11-18(12-10-14)30-20-8-6-5-7-19(20)25-21(29)13-31-23-26-22-24-16(3)15(2)17(4)28(22)27-23/h5-12H,13H2,1-4H3,(H,25,29). The van der Waals surface area contributed by atoms with E-state index in [0.717, 1.165) is 22.5 Å². The molecule has 0 aliphatic carbocycles. The quantitative estimate of drug-likeness (QED) is 0.437. The van der Waals surface area contributed by atoms with Crippen molar-refractivity contribution in [3.05, 3.63) is 71.0 Å². The summed E-state index contributed by atoms with van der Waals surface area (Å²) in [5, 5.41) is 7.90. The first-order valence-corrected chi connectivity index (χ1v) is 10.9. The normalized spacial score (nSPS) is 11.0. The second-order valence-electron chi connectivity index (χ2n) is 7.26. The van der Waals surface area contributed by atoms with Gasteiger partial charge in [0, 0.05) is 11.4 Å². The Kier molecular flexibility index (Phi) is 5.90. The van der Waals surface area contributed by atoms with Crippen molar-refractivity contribution in [2.75, 3.05) is 11.1 Å². The molecule has 2 aromatic heterocycles. The number of hydrogen-bond acceptors (Lipinski definition) is 6. The van der Waals surface area contributed by atoms with Crippen LogP contribution >= 0.6 is 11.8 Å². The van der Waals surface area contributed by atoms with Crippen molar-refractivity contribution in [2.45, 2.75) is 32.9 Å². The first-order valence-electron chi connectivity index (χ1n) is 9.87. The molecule has 0 fully saturated rings. The molecule has 0 bridgehead atoms. The average molecular weight is 434 g/mol. The van der Waals surface area contributed by atoms with Crippen LogP contribution in [0.2, 0.25) is 0 Å². The summed E-state index contributed by atoms with van der Waals surface area (Å²) in [5.74, 6) is 1.85. The van der Waals surface area contributed by atoms with Crippen LogP contribution < -0.4 is 10.1 Å². The van der Waals surface area contributed by atoms with E-state index in [1.165, 1.54) is 11.8 Å². The molecular formula is C23H23N5O2S. The Bertz CT molecular complexity index is 1250. The van der Waals surface area contributed by atoms with Crippen LogP contribution in [0, 0.1) is 27.7 Å². The van der Waals surface area contributed by atoms with Crippen LogP contribution in [-0.2, 0) is 4.79 Å². The Balaban J connectivity index is 1.43. The number of aryl methyl sites for hydroxylation is 3. The third kappa shape index (κ3) is 4.69. The third-order valence-electron chi connectivity index (χ3n) is 4.98.